The van der Waals surface area contributed by atoms with Gasteiger partial charge in [0, 0.05) is 13.1 Å². The zero-order valence-electron chi connectivity index (χ0n) is 17.9. The third kappa shape index (κ3) is 6.98. The number of ether oxygens (including phenoxy) is 2. The summed E-state index contributed by atoms with van der Waals surface area (Å²) in [7, 11) is 3.32. The smallest absolute Gasteiger partial charge is 0.314 e. The van der Waals surface area contributed by atoms with Crippen LogP contribution in [0.5, 0.6) is 11.5 Å². The lowest BCUT2D eigenvalue weighted by Gasteiger charge is -2.30. The van der Waals surface area contributed by atoms with E-state index < -0.39 is 0 Å². The van der Waals surface area contributed by atoms with Crippen molar-refractivity contribution < 1.29 is 14.3 Å². The third-order valence-electron chi connectivity index (χ3n) is 5.05. The summed E-state index contributed by atoms with van der Waals surface area (Å²) in [5.74, 6) is 1.66. The number of benzene rings is 2. The minimum Gasteiger partial charge on any atom is -0.497 e. The molecule has 158 valence electrons. The van der Waals surface area contributed by atoms with Crippen molar-refractivity contribution in [2.75, 3.05) is 40.4 Å². The normalized spacial score (nSPS) is 11.8. The molecule has 2 rings (SSSR count). The number of amides is 2. The zero-order chi connectivity index (χ0) is 21.1. The van der Waals surface area contributed by atoms with Gasteiger partial charge in [-0.1, -0.05) is 38.1 Å². The second-order valence-electron chi connectivity index (χ2n) is 6.75. The number of nitrogens with one attached hydrogen (secondary N) is 2. The number of methoxy groups -OCH3 is 2. The number of urea groups is 1. The van der Waals surface area contributed by atoms with Crippen LogP contribution in [0.3, 0.4) is 0 Å². The number of hydrogen-bond donors (Lipinski definition) is 2. The number of nitrogens with zero attached hydrogens (tertiary/aromatic N) is 1. The van der Waals surface area contributed by atoms with Crippen LogP contribution in [0.25, 0.3) is 0 Å². The second kappa shape index (κ2) is 12.0. The fourth-order valence-corrected chi connectivity index (χ4v) is 3.34. The first kappa shape index (κ1) is 22.6. The van der Waals surface area contributed by atoms with Crippen LogP contribution in [0.15, 0.2) is 48.5 Å². The quantitative estimate of drug-likeness (QED) is 0.606. The molecule has 0 saturated heterocycles. The van der Waals surface area contributed by atoms with Gasteiger partial charge in [-0.3, -0.25) is 4.90 Å². The van der Waals surface area contributed by atoms with Gasteiger partial charge in [-0.2, -0.15) is 0 Å². The molecule has 6 heteroatoms. The Morgan fingerprint density at radius 3 is 2.28 bits per heavy atom. The summed E-state index contributed by atoms with van der Waals surface area (Å²) in [6.45, 7) is 7.17. The number of likely N-dealkylation sites (N-methyl/N-ethyl adjacent to an activating group) is 1. The fraction of sp³-hybridized carbons (Fsp3) is 0.435. The summed E-state index contributed by atoms with van der Waals surface area (Å²) < 4.78 is 10.5. The highest BCUT2D eigenvalue weighted by Gasteiger charge is 2.19. The van der Waals surface area contributed by atoms with E-state index in [2.05, 4.69) is 35.4 Å². The van der Waals surface area contributed by atoms with Crippen molar-refractivity contribution >= 4 is 6.03 Å². The van der Waals surface area contributed by atoms with Gasteiger partial charge in [-0.05, 0) is 54.9 Å². The van der Waals surface area contributed by atoms with Crippen molar-refractivity contribution in [2.24, 2.45) is 0 Å². The lowest BCUT2D eigenvalue weighted by Crippen LogP contribution is -2.42. The van der Waals surface area contributed by atoms with Crippen LogP contribution < -0.4 is 20.1 Å². The molecule has 2 amide bonds. The third-order valence-corrected chi connectivity index (χ3v) is 5.05. The van der Waals surface area contributed by atoms with E-state index in [1.807, 2.05) is 42.5 Å². The Kier molecular flexibility index (Phi) is 9.31. The number of hydrogen-bond acceptors (Lipinski definition) is 4. The molecule has 0 radical (unpaired) electrons. The van der Waals surface area contributed by atoms with Crippen molar-refractivity contribution in [3.63, 3.8) is 0 Å². The summed E-state index contributed by atoms with van der Waals surface area (Å²) in [5, 5.41) is 5.96. The Labute approximate surface area is 174 Å². The molecule has 1 atom stereocenters. The van der Waals surface area contributed by atoms with Crippen molar-refractivity contribution in [3.05, 3.63) is 59.7 Å². The maximum absolute atomic E-state index is 12.3. The van der Waals surface area contributed by atoms with Gasteiger partial charge in [-0.15, -0.1) is 0 Å². The monoisotopic (exact) mass is 399 g/mol. The first-order chi connectivity index (χ1) is 14.1. The summed E-state index contributed by atoms with van der Waals surface area (Å²) in [6.07, 6.45) is 0.771. The second-order valence-corrected chi connectivity index (χ2v) is 6.75. The fourth-order valence-electron chi connectivity index (χ4n) is 3.34. The Balaban J connectivity index is 1.89. The highest BCUT2D eigenvalue weighted by atomic mass is 16.5. The molecule has 0 aliphatic heterocycles. The first-order valence-corrected chi connectivity index (χ1v) is 10.1. The zero-order valence-corrected chi connectivity index (χ0v) is 17.9. The first-order valence-electron chi connectivity index (χ1n) is 10.1. The van der Waals surface area contributed by atoms with E-state index in [1.54, 1.807) is 14.2 Å². The summed E-state index contributed by atoms with van der Waals surface area (Å²) >= 11 is 0. The number of carbonyl (C=O) groups is 1. The van der Waals surface area contributed by atoms with E-state index in [-0.39, 0.29) is 12.1 Å². The van der Waals surface area contributed by atoms with Gasteiger partial charge in [0.05, 0.1) is 20.3 Å². The Hall–Kier alpha value is -2.73. The van der Waals surface area contributed by atoms with E-state index in [0.29, 0.717) is 13.1 Å². The Morgan fingerprint density at radius 1 is 0.966 bits per heavy atom. The number of carbonyl (C=O) groups excluding carboxylic acids is 1. The van der Waals surface area contributed by atoms with Gasteiger partial charge >= 0.3 is 6.03 Å². The van der Waals surface area contributed by atoms with Gasteiger partial charge in [-0.25, -0.2) is 4.79 Å². The Morgan fingerprint density at radius 2 is 1.66 bits per heavy atom. The molecule has 0 heterocycles. The summed E-state index contributed by atoms with van der Waals surface area (Å²) in [6, 6.07) is 15.8. The van der Waals surface area contributed by atoms with Crippen molar-refractivity contribution in [2.45, 2.75) is 26.3 Å². The van der Waals surface area contributed by atoms with Crippen LogP contribution in [0.2, 0.25) is 0 Å². The van der Waals surface area contributed by atoms with Crippen LogP contribution in [-0.4, -0.2) is 51.3 Å². The van der Waals surface area contributed by atoms with Gasteiger partial charge in [0.15, 0.2) is 0 Å². The Bertz CT molecular complexity index is 745. The molecule has 0 bridgehead atoms. The lowest BCUT2D eigenvalue weighted by atomic mass is 10.0. The maximum atomic E-state index is 12.3. The van der Waals surface area contributed by atoms with Gasteiger partial charge in [0.1, 0.15) is 11.5 Å². The average Bonchev–Trinajstić information content (AvgIpc) is 2.77. The molecule has 2 aromatic carbocycles. The molecule has 2 N–H and O–H groups in total. The minimum absolute atomic E-state index is 0.0902. The van der Waals surface area contributed by atoms with E-state index in [0.717, 1.165) is 42.1 Å². The molecule has 0 spiro atoms. The van der Waals surface area contributed by atoms with Crippen LogP contribution in [0.4, 0.5) is 4.79 Å². The van der Waals surface area contributed by atoms with Crippen molar-refractivity contribution in [1.29, 1.82) is 0 Å². The van der Waals surface area contributed by atoms with Crippen molar-refractivity contribution in [1.82, 2.24) is 15.5 Å². The predicted molar refractivity (Wildman–Crippen MR) is 117 cm³/mol. The van der Waals surface area contributed by atoms with E-state index >= 15 is 0 Å². The van der Waals surface area contributed by atoms with Gasteiger partial charge < -0.3 is 20.1 Å². The van der Waals surface area contributed by atoms with Crippen LogP contribution in [-0.2, 0) is 6.42 Å². The minimum atomic E-state index is -0.154. The molecule has 0 aromatic heterocycles. The summed E-state index contributed by atoms with van der Waals surface area (Å²) in [5.41, 5.74) is 2.29. The van der Waals surface area contributed by atoms with E-state index in [9.17, 15) is 4.79 Å². The van der Waals surface area contributed by atoms with Gasteiger partial charge in [0.2, 0.25) is 0 Å². The largest absolute Gasteiger partial charge is 0.497 e. The molecule has 2 aromatic rings. The molecule has 29 heavy (non-hydrogen) atoms. The van der Waals surface area contributed by atoms with Crippen LogP contribution >= 0.6 is 0 Å². The molecular formula is C23H33N3O3. The topological polar surface area (TPSA) is 62.8 Å². The SMILES string of the molecule is CCN(CC)[C@@H](CNC(=O)NCCc1ccc(OC)cc1)c1cccc(OC)c1. The van der Waals surface area contributed by atoms with Crippen LogP contribution in [0.1, 0.15) is 31.0 Å². The molecule has 0 fully saturated rings. The predicted octanol–water partition coefficient (Wildman–Crippen LogP) is 3.63. The molecule has 0 aliphatic carbocycles. The highest BCUT2D eigenvalue weighted by molar-refractivity contribution is 5.73. The van der Waals surface area contributed by atoms with Crippen molar-refractivity contribution in [3.8, 4) is 11.5 Å². The highest BCUT2D eigenvalue weighted by Crippen LogP contribution is 2.23. The molecule has 0 aliphatic rings. The van der Waals surface area contributed by atoms with E-state index in [4.69, 9.17) is 9.47 Å². The van der Waals surface area contributed by atoms with Crippen LogP contribution in [0, 0.1) is 0 Å². The molecular weight excluding hydrogens is 366 g/mol. The van der Waals surface area contributed by atoms with Gasteiger partial charge in [0.25, 0.3) is 0 Å². The van der Waals surface area contributed by atoms with E-state index in [1.165, 1.54) is 0 Å². The molecule has 0 unspecified atom stereocenters. The summed E-state index contributed by atoms with van der Waals surface area (Å²) in [4.78, 5) is 14.6. The average molecular weight is 400 g/mol. The maximum Gasteiger partial charge on any atom is 0.314 e. The molecule has 6 nitrogen and oxygen atoms in total. The molecule has 0 saturated carbocycles. The number of rotatable bonds is 11. The lowest BCUT2D eigenvalue weighted by molar-refractivity contribution is 0.206. The standard InChI is InChI=1S/C23H33N3O3/c1-5-26(6-2)22(19-8-7-9-21(16-19)29-4)17-25-23(27)24-15-14-18-10-12-20(28-3)13-11-18/h7-13,16,22H,5-6,14-15,17H2,1-4H3,(H2,24,25,27)/t22-/m0/s1.